The van der Waals surface area contributed by atoms with E-state index in [1.54, 1.807) is 12.1 Å². The number of nitrogens with one attached hydrogen (secondary N) is 2. The van der Waals surface area contributed by atoms with Crippen molar-refractivity contribution in [2.75, 3.05) is 13.7 Å². The fourth-order valence-corrected chi connectivity index (χ4v) is 2.95. The Balaban J connectivity index is 1.69. The molecule has 3 rings (SSSR count). The Bertz CT molecular complexity index is 1120. The van der Waals surface area contributed by atoms with Crippen LogP contribution in [-0.4, -0.2) is 44.9 Å². The number of hydrogen-bond acceptors (Lipinski definition) is 6. The molecule has 0 unspecified atom stereocenters. The van der Waals surface area contributed by atoms with E-state index in [-0.39, 0.29) is 24.4 Å². The van der Waals surface area contributed by atoms with Crippen LogP contribution < -0.4 is 16.4 Å². The molecule has 2 heterocycles. The maximum Gasteiger partial charge on any atom is 0.290 e. The summed E-state index contributed by atoms with van der Waals surface area (Å²) in [5.41, 5.74) is 6.30. The summed E-state index contributed by atoms with van der Waals surface area (Å²) in [6.07, 6.45) is 0. The number of methoxy groups -OCH3 is 1. The number of hydrazine groups is 1. The molecule has 2 N–H and O–H groups in total. The molecule has 3 aromatic rings. The second-order valence-electron chi connectivity index (χ2n) is 6.29. The maximum absolute atomic E-state index is 12.4. The lowest BCUT2D eigenvalue weighted by molar-refractivity contribution is 0.0842. The summed E-state index contributed by atoms with van der Waals surface area (Å²) in [4.78, 5) is 40.9. The van der Waals surface area contributed by atoms with Gasteiger partial charge >= 0.3 is 0 Å². The minimum atomic E-state index is -0.642. The van der Waals surface area contributed by atoms with Crippen LogP contribution in [0.5, 0.6) is 0 Å². The van der Waals surface area contributed by atoms with E-state index >= 15 is 0 Å². The molecule has 0 bridgehead atoms. The summed E-state index contributed by atoms with van der Waals surface area (Å²) in [7, 11) is 1.50. The number of aryl methyl sites for hydroxylation is 2. The maximum atomic E-state index is 12.4. The number of nitrogens with zero attached hydrogens (tertiary/aromatic N) is 4. The van der Waals surface area contributed by atoms with Gasteiger partial charge in [-0.25, -0.2) is 9.67 Å². The largest absolute Gasteiger partial charge is 0.383 e. The van der Waals surface area contributed by atoms with Crippen LogP contribution in [0.3, 0.4) is 0 Å². The van der Waals surface area contributed by atoms with E-state index in [1.807, 2.05) is 24.5 Å². The van der Waals surface area contributed by atoms with Gasteiger partial charge in [-0.1, -0.05) is 0 Å². The van der Waals surface area contributed by atoms with Crippen molar-refractivity contribution >= 4 is 22.8 Å². The predicted molar refractivity (Wildman–Crippen MR) is 105 cm³/mol. The Labute approximate surface area is 166 Å². The Hall–Kier alpha value is -3.53. The minimum absolute atomic E-state index is 0.00577. The topological polar surface area (TPSA) is 120 Å². The summed E-state index contributed by atoms with van der Waals surface area (Å²) in [6.45, 7) is 5.21. The number of rotatable bonds is 6. The molecule has 0 saturated carbocycles. The SMILES string of the molecule is CCn1c(C)nc2cc(C(=O)NNC(=O)c3ccc(=O)n(CCOC)n3)ccc21. The van der Waals surface area contributed by atoms with Crippen molar-refractivity contribution in [1.82, 2.24) is 30.2 Å². The molecule has 1 aromatic carbocycles. The first kappa shape index (κ1) is 20.2. The molecule has 2 amide bonds. The van der Waals surface area contributed by atoms with Crippen LogP contribution in [0.4, 0.5) is 0 Å². The molecule has 2 aromatic heterocycles. The summed E-state index contributed by atoms with van der Waals surface area (Å²) in [5, 5.41) is 3.97. The zero-order valence-electron chi connectivity index (χ0n) is 16.4. The monoisotopic (exact) mass is 398 g/mol. The first-order valence-corrected chi connectivity index (χ1v) is 9.09. The third-order valence-corrected chi connectivity index (χ3v) is 4.41. The van der Waals surface area contributed by atoms with Gasteiger partial charge in [0, 0.05) is 25.3 Å². The summed E-state index contributed by atoms with van der Waals surface area (Å²) >= 11 is 0. The van der Waals surface area contributed by atoms with Crippen molar-refractivity contribution in [1.29, 1.82) is 0 Å². The van der Waals surface area contributed by atoms with Crippen molar-refractivity contribution in [3.8, 4) is 0 Å². The number of fused-ring (bicyclic) bond motifs is 1. The van der Waals surface area contributed by atoms with Gasteiger partial charge in [0.15, 0.2) is 5.69 Å². The molecule has 0 aliphatic rings. The number of hydrogen-bond donors (Lipinski definition) is 2. The number of amides is 2. The highest BCUT2D eigenvalue weighted by Gasteiger charge is 2.14. The lowest BCUT2D eigenvalue weighted by Gasteiger charge is -2.09. The number of benzene rings is 1. The van der Waals surface area contributed by atoms with Crippen LogP contribution in [0.2, 0.25) is 0 Å². The van der Waals surface area contributed by atoms with Crippen molar-refractivity contribution < 1.29 is 14.3 Å². The fourth-order valence-electron chi connectivity index (χ4n) is 2.95. The van der Waals surface area contributed by atoms with Gasteiger partial charge in [-0.15, -0.1) is 0 Å². The highest BCUT2D eigenvalue weighted by atomic mass is 16.5. The van der Waals surface area contributed by atoms with Crippen molar-refractivity contribution in [3.63, 3.8) is 0 Å². The van der Waals surface area contributed by atoms with Crippen LogP contribution in [0, 0.1) is 6.92 Å². The molecular formula is C19H22N6O4. The van der Waals surface area contributed by atoms with Crippen molar-refractivity contribution in [3.05, 3.63) is 57.8 Å². The second kappa shape index (κ2) is 8.65. The van der Waals surface area contributed by atoms with Crippen LogP contribution in [0.25, 0.3) is 11.0 Å². The van der Waals surface area contributed by atoms with E-state index in [2.05, 4.69) is 20.9 Å². The molecule has 29 heavy (non-hydrogen) atoms. The lowest BCUT2D eigenvalue weighted by Crippen LogP contribution is -2.42. The summed E-state index contributed by atoms with van der Waals surface area (Å²) < 4.78 is 8.08. The standard InChI is InChI=1S/C19H22N6O4/c1-4-24-12(2)20-15-11-13(5-7-16(15)24)18(27)21-22-19(28)14-6-8-17(26)25(23-14)9-10-29-3/h5-8,11H,4,9-10H2,1-3H3,(H,21,27)(H,22,28). The van der Waals surface area contributed by atoms with Gasteiger partial charge < -0.3 is 9.30 Å². The normalized spacial score (nSPS) is 10.9. The average molecular weight is 398 g/mol. The first-order chi connectivity index (χ1) is 13.9. The Morgan fingerprint density at radius 2 is 1.90 bits per heavy atom. The fraction of sp³-hybridized carbons (Fsp3) is 0.316. The van der Waals surface area contributed by atoms with Crippen LogP contribution >= 0.6 is 0 Å². The molecule has 0 spiro atoms. The van der Waals surface area contributed by atoms with Gasteiger partial charge in [-0.3, -0.25) is 25.2 Å². The molecule has 0 fully saturated rings. The molecule has 152 valence electrons. The van der Waals surface area contributed by atoms with E-state index in [4.69, 9.17) is 4.74 Å². The smallest absolute Gasteiger partial charge is 0.290 e. The third kappa shape index (κ3) is 4.32. The third-order valence-electron chi connectivity index (χ3n) is 4.41. The second-order valence-corrected chi connectivity index (χ2v) is 6.29. The lowest BCUT2D eigenvalue weighted by atomic mass is 10.2. The first-order valence-electron chi connectivity index (χ1n) is 9.09. The molecule has 0 aliphatic carbocycles. The van der Waals surface area contributed by atoms with Gasteiger partial charge in [-0.05, 0) is 38.1 Å². The summed E-state index contributed by atoms with van der Waals surface area (Å²) in [6, 6.07) is 7.68. The van der Waals surface area contributed by atoms with Gasteiger partial charge in [0.2, 0.25) is 0 Å². The minimum Gasteiger partial charge on any atom is -0.383 e. The number of carbonyl (C=O) groups is 2. The molecule has 10 nitrogen and oxygen atoms in total. The average Bonchev–Trinajstić information content (AvgIpc) is 3.05. The molecule has 0 saturated heterocycles. The van der Waals surface area contributed by atoms with Crippen LogP contribution in [0.1, 0.15) is 33.6 Å². The zero-order chi connectivity index (χ0) is 21.0. The van der Waals surface area contributed by atoms with Gasteiger partial charge in [-0.2, -0.15) is 5.10 Å². The number of aromatic nitrogens is 4. The molecule has 0 radical (unpaired) electrons. The molecular weight excluding hydrogens is 376 g/mol. The Morgan fingerprint density at radius 3 is 2.62 bits per heavy atom. The van der Waals surface area contributed by atoms with E-state index in [0.29, 0.717) is 11.1 Å². The van der Waals surface area contributed by atoms with Gasteiger partial charge in [0.05, 0.1) is 24.2 Å². The molecule has 0 atom stereocenters. The molecule has 0 aliphatic heterocycles. The van der Waals surface area contributed by atoms with E-state index in [9.17, 15) is 14.4 Å². The van der Waals surface area contributed by atoms with E-state index in [1.165, 1.54) is 19.2 Å². The van der Waals surface area contributed by atoms with Crippen LogP contribution in [0.15, 0.2) is 35.1 Å². The number of ether oxygens (including phenoxy) is 1. The van der Waals surface area contributed by atoms with E-state index in [0.717, 1.165) is 22.6 Å². The highest BCUT2D eigenvalue weighted by Crippen LogP contribution is 2.17. The van der Waals surface area contributed by atoms with Crippen LogP contribution in [-0.2, 0) is 17.8 Å². The van der Waals surface area contributed by atoms with Gasteiger partial charge in [0.1, 0.15) is 5.82 Å². The quantitative estimate of drug-likeness (QED) is 0.588. The number of imidazole rings is 1. The van der Waals surface area contributed by atoms with E-state index < -0.39 is 11.8 Å². The Morgan fingerprint density at radius 1 is 1.14 bits per heavy atom. The number of carbonyl (C=O) groups excluding carboxylic acids is 2. The molecule has 10 heteroatoms. The Kier molecular flexibility index (Phi) is 6.03. The zero-order valence-corrected chi connectivity index (χ0v) is 16.4. The summed E-state index contributed by atoms with van der Waals surface area (Å²) in [5.74, 6) is -0.267. The van der Waals surface area contributed by atoms with Crippen molar-refractivity contribution in [2.24, 2.45) is 0 Å². The highest BCUT2D eigenvalue weighted by molar-refractivity contribution is 6.00. The van der Waals surface area contributed by atoms with Crippen molar-refractivity contribution in [2.45, 2.75) is 26.9 Å². The van der Waals surface area contributed by atoms with Gasteiger partial charge in [0.25, 0.3) is 17.4 Å². The predicted octanol–water partition coefficient (Wildman–Crippen LogP) is 0.643.